The summed E-state index contributed by atoms with van der Waals surface area (Å²) in [6, 6.07) is 26.5. The second-order valence-electron chi connectivity index (χ2n) is 6.57. The van der Waals surface area contributed by atoms with E-state index in [4.69, 9.17) is 8.83 Å². The standard InChI is InChI=1S/C12H6BrIO.C12H7BrO.C2H6/c13-10-3-1-2-8-9-6-7(14)4-5-11(9)15-12(8)10;13-10-6-3-5-9-8-4-1-2-7-11(8)14-12(9)10;1-2/h1-6H;1-7H;1-2H3. The van der Waals surface area contributed by atoms with Crippen LogP contribution in [0.25, 0.3) is 43.9 Å². The molecule has 0 spiro atoms. The van der Waals surface area contributed by atoms with E-state index in [1.54, 1.807) is 0 Å². The number of hydrogen-bond acceptors (Lipinski definition) is 2. The van der Waals surface area contributed by atoms with Gasteiger partial charge in [0.15, 0.2) is 0 Å². The number of rotatable bonds is 0. The minimum absolute atomic E-state index is 0.925. The smallest absolute Gasteiger partial charge is 0.149 e. The third-order valence-corrected chi connectivity index (χ3v) is 6.69. The van der Waals surface area contributed by atoms with E-state index in [9.17, 15) is 0 Å². The molecule has 156 valence electrons. The van der Waals surface area contributed by atoms with Crippen LogP contribution >= 0.6 is 54.5 Å². The fourth-order valence-electron chi connectivity index (χ4n) is 3.45. The highest BCUT2D eigenvalue weighted by molar-refractivity contribution is 14.1. The lowest BCUT2D eigenvalue weighted by Crippen LogP contribution is -1.69. The highest BCUT2D eigenvalue weighted by atomic mass is 127. The Bertz CT molecular complexity index is 1500. The maximum absolute atomic E-state index is 5.79. The Morgan fingerprint density at radius 3 is 1.74 bits per heavy atom. The Kier molecular flexibility index (Phi) is 7.04. The predicted molar refractivity (Wildman–Crippen MR) is 147 cm³/mol. The highest BCUT2D eigenvalue weighted by Crippen LogP contribution is 2.34. The minimum atomic E-state index is 0.925. The van der Waals surface area contributed by atoms with E-state index >= 15 is 0 Å². The summed E-state index contributed by atoms with van der Waals surface area (Å²) < 4.78 is 14.8. The quantitative estimate of drug-likeness (QED) is 0.153. The molecule has 0 aliphatic rings. The van der Waals surface area contributed by atoms with Crippen LogP contribution in [0, 0.1) is 3.57 Å². The van der Waals surface area contributed by atoms with Crippen molar-refractivity contribution < 1.29 is 8.83 Å². The second-order valence-corrected chi connectivity index (χ2v) is 9.53. The van der Waals surface area contributed by atoms with Crippen molar-refractivity contribution in [1.29, 1.82) is 0 Å². The monoisotopic (exact) mass is 648 g/mol. The first-order valence-electron chi connectivity index (χ1n) is 9.94. The molecule has 0 amide bonds. The van der Waals surface area contributed by atoms with E-state index < -0.39 is 0 Å². The SMILES string of the molecule is Brc1cccc2c1oc1ccc(I)cc12.Brc1cccc2c1oc1ccccc12.CC. The molecule has 0 radical (unpaired) electrons. The molecule has 0 N–H and O–H groups in total. The zero-order valence-electron chi connectivity index (χ0n) is 17.0. The molecule has 31 heavy (non-hydrogen) atoms. The van der Waals surface area contributed by atoms with Gasteiger partial charge >= 0.3 is 0 Å². The lowest BCUT2D eigenvalue weighted by atomic mass is 10.2. The summed E-state index contributed by atoms with van der Waals surface area (Å²) in [6.07, 6.45) is 0. The first-order chi connectivity index (χ1) is 15.1. The van der Waals surface area contributed by atoms with E-state index in [1.807, 2.05) is 62.4 Å². The maximum Gasteiger partial charge on any atom is 0.149 e. The number of para-hydroxylation sites is 3. The van der Waals surface area contributed by atoms with Gasteiger partial charge in [-0.05, 0) is 90.8 Å². The fourth-order valence-corrected chi connectivity index (χ4v) is 4.83. The number of benzene rings is 4. The Hall–Kier alpha value is -1.83. The van der Waals surface area contributed by atoms with Crippen LogP contribution in [-0.4, -0.2) is 0 Å². The van der Waals surface area contributed by atoms with Crippen LogP contribution in [0.15, 0.2) is 96.6 Å². The van der Waals surface area contributed by atoms with Gasteiger partial charge in [0.1, 0.15) is 22.3 Å². The molecule has 0 saturated carbocycles. The van der Waals surface area contributed by atoms with Crippen molar-refractivity contribution in [3.8, 4) is 0 Å². The molecule has 6 rings (SSSR count). The Labute approximate surface area is 211 Å². The summed E-state index contributed by atoms with van der Waals surface area (Å²) in [5, 5.41) is 4.68. The first-order valence-corrected chi connectivity index (χ1v) is 12.6. The van der Waals surface area contributed by atoms with Crippen LogP contribution in [0.5, 0.6) is 0 Å². The minimum Gasteiger partial charge on any atom is -0.455 e. The summed E-state index contributed by atoms with van der Waals surface area (Å²) in [5.74, 6) is 0. The summed E-state index contributed by atoms with van der Waals surface area (Å²) in [4.78, 5) is 0. The van der Waals surface area contributed by atoms with Crippen molar-refractivity contribution >= 4 is 98.3 Å². The van der Waals surface area contributed by atoms with Crippen molar-refractivity contribution in [2.45, 2.75) is 13.8 Å². The van der Waals surface area contributed by atoms with Crippen LogP contribution in [-0.2, 0) is 0 Å². The van der Waals surface area contributed by atoms with Crippen molar-refractivity contribution in [3.05, 3.63) is 91.4 Å². The molecule has 0 bridgehead atoms. The molecule has 0 atom stereocenters. The molecule has 0 fully saturated rings. The van der Waals surface area contributed by atoms with Crippen molar-refractivity contribution in [3.63, 3.8) is 0 Å². The number of fused-ring (bicyclic) bond motifs is 6. The van der Waals surface area contributed by atoms with E-state index in [1.165, 1.54) is 14.3 Å². The summed E-state index contributed by atoms with van der Waals surface area (Å²) >= 11 is 9.29. The maximum atomic E-state index is 5.79. The normalized spacial score (nSPS) is 10.7. The van der Waals surface area contributed by atoms with Gasteiger partial charge in [-0.15, -0.1) is 0 Å². The van der Waals surface area contributed by atoms with Gasteiger partial charge < -0.3 is 8.83 Å². The lowest BCUT2D eigenvalue weighted by molar-refractivity contribution is 0.666. The van der Waals surface area contributed by atoms with Crippen molar-refractivity contribution in [2.24, 2.45) is 0 Å². The Morgan fingerprint density at radius 2 is 1.10 bits per heavy atom. The van der Waals surface area contributed by atoms with E-state index in [0.29, 0.717) is 0 Å². The van der Waals surface area contributed by atoms with Gasteiger partial charge in [0.25, 0.3) is 0 Å². The molecular formula is C26H19Br2IO2. The lowest BCUT2D eigenvalue weighted by Gasteiger charge is -1.91. The Morgan fingerprint density at radius 1 is 0.581 bits per heavy atom. The zero-order chi connectivity index (χ0) is 22.0. The molecule has 0 saturated heterocycles. The molecule has 6 aromatic rings. The molecule has 2 aromatic heterocycles. The Balaban J connectivity index is 0.000000139. The number of halogens is 3. The molecule has 0 unspecified atom stereocenters. The van der Waals surface area contributed by atoms with E-state index in [0.717, 1.165) is 42.0 Å². The second kappa shape index (κ2) is 9.76. The average molecular weight is 650 g/mol. The largest absolute Gasteiger partial charge is 0.455 e. The summed E-state index contributed by atoms with van der Waals surface area (Å²) in [5.41, 5.74) is 3.73. The van der Waals surface area contributed by atoms with Gasteiger partial charge in [-0.2, -0.15) is 0 Å². The van der Waals surface area contributed by atoms with Crippen LogP contribution in [0.3, 0.4) is 0 Å². The number of furan rings is 2. The first kappa shape index (κ1) is 22.4. The van der Waals surface area contributed by atoms with Crippen molar-refractivity contribution in [2.75, 3.05) is 0 Å². The van der Waals surface area contributed by atoms with E-state index in [2.05, 4.69) is 84.8 Å². The number of hydrogen-bond donors (Lipinski definition) is 0. The van der Waals surface area contributed by atoms with Crippen LogP contribution < -0.4 is 0 Å². The fraction of sp³-hybridized carbons (Fsp3) is 0.0769. The third kappa shape index (κ3) is 4.41. The summed E-state index contributed by atoms with van der Waals surface area (Å²) in [7, 11) is 0. The summed E-state index contributed by atoms with van der Waals surface area (Å²) in [6.45, 7) is 4.00. The van der Waals surface area contributed by atoms with E-state index in [-0.39, 0.29) is 0 Å². The van der Waals surface area contributed by atoms with Gasteiger partial charge in [0, 0.05) is 25.1 Å². The van der Waals surface area contributed by atoms with Gasteiger partial charge in [-0.1, -0.05) is 56.3 Å². The van der Waals surface area contributed by atoms with Crippen LogP contribution in [0.1, 0.15) is 13.8 Å². The van der Waals surface area contributed by atoms with Gasteiger partial charge in [0.2, 0.25) is 0 Å². The highest BCUT2D eigenvalue weighted by Gasteiger charge is 2.09. The topological polar surface area (TPSA) is 26.3 Å². The molecule has 4 aromatic carbocycles. The molecular weight excluding hydrogens is 631 g/mol. The molecule has 0 aliphatic heterocycles. The molecule has 0 aliphatic carbocycles. The van der Waals surface area contributed by atoms with Crippen LogP contribution in [0.2, 0.25) is 0 Å². The van der Waals surface area contributed by atoms with Gasteiger partial charge in [0.05, 0.1) is 8.95 Å². The van der Waals surface area contributed by atoms with Gasteiger partial charge in [-0.3, -0.25) is 0 Å². The molecule has 2 nitrogen and oxygen atoms in total. The van der Waals surface area contributed by atoms with Gasteiger partial charge in [-0.25, -0.2) is 0 Å². The van der Waals surface area contributed by atoms with Crippen LogP contribution in [0.4, 0.5) is 0 Å². The average Bonchev–Trinajstić information content (AvgIpc) is 3.36. The zero-order valence-corrected chi connectivity index (χ0v) is 22.3. The predicted octanol–water partition coefficient (Wildman–Crippen LogP) is 10.3. The third-order valence-electron chi connectivity index (χ3n) is 4.77. The van der Waals surface area contributed by atoms with Crippen molar-refractivity contribution in [1.82, 2.24) is 0 Å². The molecule has 2 heterocycles. The molecule has 5 heteroatoms.